The second-order valence-corrected chi connectivity index (χ2v) is 5.29. The highest BCUT2D eigenvalue weighted by Crippen LogP contribution is 2.35. The molecule has 2 unspecified atom stereocenters. The van der Waals surface area contributed by atoms with Crippen molar-refractivity contribution < 1.29 is 27.4 Å². The molecule has 1 aliphatic heterocycles. The van der Waals surface area contributed by atoms with E-state index in [0.29, 0.717) is 6.42 Å². The summed E-state index contributed by atoms with van der Waals surface area (Å²) in [5, 5.41) is 2.74. The first-order chi connectivity index (χ1) is 10.8. The molecular formula is C16H18F3NO3. The maximum atomic E-state index is 12.9. The van der Waals surface area contributed by atoms with Crippen LogP contribution >= 0.6 is 0 Å². The van der Waals surface area contributed by atoms with Gasteiger partial charge < -0.3 is 14.8 Å². The number of benzene rings is 1. The van der Waals surface area contributed by atoms with Crippen LogP contribution in [0.4, 0.5) is 13.2 Å². The zero-order valence-corrected chi connectivity index (χ0v) is 13.0. The molecule has 0 amide bonds. The van der Waals surface area contributed by atoms with Gasteiger partial charge in [0.05, 0.1) is 17.2 Å². The molecule has 1 aromatic carbocycles. The molecule has 1 aliphatic rings. The van der Waals surface area contributed by atoms with Crippen molar-refractivity contribution in [3.8, 4) is 0 Å². The van der Waals surface area contributed by atoms with Crippen molar-refractivity contribution in [2.45, 2.75) is 31.7 Å². The molecule has 23 heavy (non-hydrogen) atoms. The molecule has 2 atom stereocenters. The van der Waals surface area contributed by atoms with Crippen molar-refractivity contribution in [1.29, 1.82) is 0 Å². The van der Waals surface area contributed by atoms with Crippen molar-refractivity contribution in [3.63, 3.8) is 0 Å². The third-order valence-corrected chi connectivity index (χ3v) is 3.68. The van der Waals surface area contributed by atoms with E-state index in [1.54, 1.807) is 14.0 Å². The van der Waals surface area contributed by atoms with Crippen LogP contribution in [0.15, 0.2) is 30.1 Å². The van der Waals surface area contributed by atoms with E-state index in [9.17, 15) is 18.0 Å². The van der Waals surface area contributed by atoms with Gasteiger partial charge in [-0.15, -0.1) is 0 Å². The second kappa shape index (κ2) is 6.62. The van der Waals surface area contributed by atoms with Gasteiger partial charge in [0.15, 0.2) is 12.0 Å². The van der Waals surface area contributed by atoms with E-state index in [1.165, 1.54) is 19.2 Å². The minimum atomic E-state index is -4.47. The van der Waals surface area contributed by atoms with Crippen LogP contribution in [0.25, 0.3) is 5.57 Å². The fraction of sp³-hybridized carbons (Fsp3) is 0.438. The largest absolute Gasteiger partial charge is 0.467 e. The number of ketones is 1. The van der Waals surface area contributed by atoms with Gasteiger partial charge in [0.1, 0.15) is 0 Å². The summed E-state index contributed by atoms with van der Waals surface area (Å²) in [5.74, 6) is -0.166. The topological polar surface area (TPSA) is 47.6 Å². The van der Waals surface area contributed by atoms with Crippen molar-refractivity contribution in [1.82, 2.24) is 5.32 Å². The summed E-state index contributed by atoms with van der Waals surface area (Å²) in [4.78, 5) is 12.5. The lowest BCUT2D eigenvalue weighted by Gasteiger charge is -2.15. The minimum absolute atomic E-state index is 0.131. The first-order valence-electron chi connectivity index (χ1n) is 7.11. The summed E-state index contributed by atoms with van der Waals surface area (Å²) in [6, 6.07) is 4.66. The Hall–Kier alpha value is -2.02. The summed E-state index contributed by atoms with van der Waals surface area (Å²) < 4.78 is 49.2. The highest BCUT2D eigenvalue weighted by Gasteiger charge is 2.38. The molecule has 7 heteroatoms. The normalized spacial score (nSPS) is 19.7. The van der Waals surface area contributed by atoms with E-state index in [0.717, 1.165) is 12.1 Å². The Morgan fingerprint density at radius 3 is 2.65 bits per heavy atom. The Labute approximate surface area is 132 Å². The first kappa shape index (κ1) is 17.3. The quantitative estimate of drug-likeness (QED) is 0.902. The molecule has 1 heterocycles. The number of hydrogen-bond acceptors (Lipinski definition) is 4. The third kappa shape index (κ3) is 3.67. The fourth-order valence-corrected chi connectivity index (χ4v) is 2.39. The monoisotopic (exact) mass is 329 g/mol. The SMILES string of the molecule is CNC1=C(c2cccc(C(F)(F)F)c2)C(=O)C(CC(C)OC)O1. The highest BCUT2D eigenvalue weighted by molar-refractivity contribution is 6.25. The molecule has 0 bridgehead atoms. The molecule has 1 N–H and O–H groups in total. The number of alkyl halides is 3. The Bertz CT molecular complexity index is 625. The zero-order chi connectivity index (χ0) is 17.2. The molecule has 126 valence electrons. The molecular weight excluding hydrogens is 311 g/mol. The number of hydrogen-bond donors (Lipinski definition) is 1. The standard InChI is InChI=1S/C16H18F3NO3/c1-9(22-3)7-12-14(21)13(15(20-2)23-12)10-5-4-6-11(8-10)16(17,18)19/h4-6,8-9,12,20H,7H2,1-3H3. The molecule has 0 aliphatic carbocycles. The van der Waals surface area contributed by atoms with Gasteiger partial charge in [-0.1, -0.05) is 12.1 Å². The van der Waals surface area contributed by atoms with Gasteiger partial charge in [0.25, 0.3) is 0 Å². The molecule has 0 fully saturated rings. The summed E-state index contributed by atoms with van der Waals surface area (Å²) in [6.45, 7) is 1.79. The molecule has 4 nitrogen and oxygen atoms in total. The van der Waals surface area contributed by atoms with E-state index in [-0.39, 0.29) is 28.9 Å². The molecule has 0 aromatic heterocycles. The maximum absolute atomic E-state index is 12.9. The summed E-state index contributed by atoms with van der Waals surface area (Å²) in [5.41, 5.74) is -0.492. The van der Waals surface area contributed by atoms with E-state index in [2.05, 4.69) is 5.32 Å². The van der Waals surface area contributed by atoms with Crippen LogP contribution in [0, 0.1) is 0 Å². The van der Waals surface area contributed by atoms with E-state index in [4.69, 9.17) is 9.47 Å². The lowest BCUT2D eigenvalue weighted by atomic mass is 9.97. The van der Waals surface area contributed by atoms with Crippen LogP contribution in [0.2, 0.25) is 0 Å². The zero-order valence-electron chi connectivity index (χ0n) is 13.0. The number of halogens is 3. The summed E-state index contributed by atoms with van der Waals surface area (Å²) in [7, 11) is 3.07. The van der Waals surface area contributed by atoms with Crippen LogP contribution in [0.5, 0.6) is 0 Å². The van der Waals surface area contributed by atoms with Gasteiger partial charge in [-0.25, -0.2) is 0 Å². The van der Waals surface area contributed by atoms with E-state index >= 15 is 0 Å². The Morgan fingerprint density at radius 1 is 1.39 bits per heavy atom. The van der Waals surface area contributed by atoms with E-state index in [1.807, 2.05) is 0 Å². The smallest absolute Gasteiger partial charge is 0.416 e. The van der Waals surface area contributed by atoms with Gasteiger partial charge >= 0.3 is 6.18 Å². The molecule has 0 radical (unpaired) electrons. The predicted octanol–water partition coefficient (Wildman–Crippen LogP) is 2.99. The molecule has 0 spiro atoms. The molecule has 0 saturated heterocycles. The predicted molar refractivity (Wildman–Crippen MR) is 78.4 cm³/mol. The van der Waals surface area contributed by atoms with Crippen molar-refractivity contribution >= 4 is 11.4 Å². The summed E-state index contributed by atoms with van der Waals surface area (Å²) in [6.07, 6.45) is -5.12. The van der Waals surface area contributed by atoms with Gasteiger partial charge in [-0.05, 0) is 24.6 Å². The van der Waals surface area contributed by atoms with Gasteiger partial charge in [0.2, 0.25) is 5.78 Å². The third-order valence-electron chi connectivity index (χ3n) is 3.68. The average Bonchev–Trinajstić information content (AvgIpc) is 2.82. The number of rotatable bonds is 5. The fourth-order valence-electron chi connectivity index (χ4n) is 2.39. The number of nitrogens with one attached hydrogen (secondary N) is 1. The lowest BCUT2D eigenvalue weighted by Crippen LogP contribution is -2.24. The minimum Gasteiger partial charge on any atom is -0.467 e. The Balaban J connectivity index is 2.35. The van der Waals surface area contributed by atoms with Crippen molar-refractivity contribution in [3.05, 3.63) is 41.3 Å². The highest BCUT2D eigenvalue weighted by atomic mass is 19.4. The second-order valence-electron chi connectivity index (χ2n) is 5.29. The molecule has 1 aromatic rings. The van der Waals surface area contributed by atoms with Crippen LogP contribution in [0.3, 0.4) is 0 Å². The first-order valence-corrected chi connectivity index (χ1v) is 7.11. The van der Waals surface area contributed by atoms with Crippen LogP contribution in [-0.2, 0) is 20.4 Å². The Morgan fingerprint density at radius 2 is 2.09 bits per heavy atom. The van der Waals surface area contributed by atoms with E-state index < -0.39 is 17.8 Å². The summed E-state index contributed by atoms with van der Waals surface area (Å²) >= 11 is 0. The van der Waals surface area contributed by atoms with Gasteiger partial charge in [0, 0.05) is 20.6 Å². The van der Waals surface area contributed by atoms with Crippen LogP contribution in [0.1, 0.15) is 24.5 Å². The lowest BCUT2D eigenvalue weighted by molar-refractivity contribution is -0.137. The Kier molecular flexibility index (Phi) is 4.99. The van der Waals surface area contributed by atoms with Gasteiger partial charge in [-0.3, -0.25) is 4.79 Å². The molecule has 2 rings (SSSR count). The number of carbonyl (C=O) groups is 1. The number of Topliss-reactive ketones (excluding diaryl/α,β-unsaturated/α-hetero) is 1. The average molecular weight is 329 g/mol. The number of ether oxygens (including phenoxy) is 2. The number of carbonyl (C=O) groups excluding carboxylic acids is 1. The van der Waals surface area contributed by atoms with Crippen LogP contribution in [-0.4, -0.2) is 32.1 Å². The van der Waals surface area contributed by atoms with Gasteiger partial charge in [-0.2, -0.15) is 13.2 Å². The van der Waals surface area contributed by atoms with Crippen LogP contribution < -0.4 is 5.32 Å². The maximum Gasteiger partial charge on any atom is 0.416 e. The van der Waals surface area contributed by atoms with Crippen molar-refractivity contribution in [2.75, 3.05) is 14.2 Å². The molecule has 0 saturated carbocycles. The number of methoxy groups -OCH3 is 1. The van der Waals surface area contributed by atoms with Crippen molar-refractivity contribution in [2.24, 2.45) is 0 Å².